The summed E-state index contributed by atoms with van der Waals surface area (Å²) in [6.45, 7) is 3.81. The molecule has 5 fully saturated rings. The van der Waals surface area contributed by atoms with Gasteiger partial charge in [-0.15, -0.1) is 6.42 Å². The van der Waals surface area contributed by atoms with Crippen LogP contribution in [-0.4, -0.2) is 42.9 Å². The van der Waals surface area contributed by atoms with E-state index in [2.05, 4.69) is 18.9 Å². The zero-order chi connectivity index (χ0) is 18.5. The maximum absolute atomic E-state index is 6.66. The van der Waals surface area contributed by atoms with Gasteiger partial charge in [0.2, 0.25) is 0 Å². The van der Waals surface area contributed by atoms with Crippen molar-refractivity contribution in [2.45, 2.75) is 80.9 Å². The molecule has 3 saturated carbocycles. The van der Waals surface area contributed by atoms with Gasteiger partial charge in [-0.25, -0.2) is 0 Å². The van der Waals surface area contributed by atoms with Crippen LogP contribution in [-0.2, 0) is 18.9 Å². The van der Waals surface area contributed by atoms with Crippen LogP contribution in [0.5, 0.6) is 0 Å². The predicted octanol–water partition coefficient (Wildman–Crippen LogP) is 3.60. The molecule has 4 aliphatic carbocycles. The van der Waals surface area contributed by atoms with Crippen LogP contribution in [0.25, 0.3) is 0 Å². The molecule has 27 heavy (non-hydrogen) atoms. The molecular weight excluding hydrogens is 340 g/mol. The summed E-state index contributed by atoms with van der Waals surface area (Å²) in [5, 5.41) is 0. The van der Waals surface area contributed by atoms with E-state index in [0.717, 1.165) is 58.2 Å². The zero-order valence-corrected chi connectivity index (χ0v) is 16.5. The normalized spacial score (nSPS) is 54.3. The molecule has 146 valence electrons. The van der Waals surface area contributed by atoms with Crippen LogP contribution >= 0.6 is 0 Å². The van der Waals surface area contributed by atoms with Gasteiger partial charge in [-0.05, 0) is 55.9 Å². The highest BCUT2D eigenvalue weighted by Gasteiger charge is 2.79. The highest BCUT2D eigenvalue weighted by molar-refractivity contribution is 5.44. The Labute approximate surface area is 161 Å². The fourth-order valence-electron chi connectivity index (χ4n) is 7.96. The first-order valence-electron chi connectivity index (χ1n) is 10.7. The Balaban J connectivity index is 1.36. The summed E-state index contributed by atoms with van der Waals surface area (Å²) in [4.78, 5) is 0. The molecule has 6 atom stereocenters. The minimum absolute atomic E-state index is 0.0315. The SMILES string of the molecule is C#C[C@]1(OC)CC[C@H]2[C@@H]3CC[C@@]45CC6(CC[C@@]4(O5)C3=CC[C@@]21C)OCCO6. The van der Waals surface area contributed by atoms with Crippen molar-refractivity contribution in [3.8, 4) is 12.3 Å². The third kappa shape index (κ3) is 1.77. The van der Waals surface area contributed by atoms with E-state index in [9.17, 15) is 0 Å². The molecule has 4 heteroatoms. The lowest BCUT2D eigenvalue weighted by atomic mass is 9.53. The number of terminal acetylenes is 1. The number of hydrogen-bond acceptors (Lipinski definition) is 4. The average molecular weight is 370 g/mol. The van der Waals surface area contributed by atoms with Gasteiger partial charge in [0.1, 0.15) is 16.8 Å². The third-order valence-corrected chi connectivity index (χ3v) is 9.38. The lowest BCUT2D eigenvalue weighted by Gasteiger charge is -2.51. The fourth-order valence-corrected chi connectivity index (χ4v) is 7.96. The molecule has 2 heterocycles. The first-order chi connectivity index (χ1) is 13.0. The van der Waals surface area contributed by atoms with Crippen LogP contribution in [0.1, 0.15) is 58.3 Å². The van der Waals surface area contributed by atoms with Crippen LogP contribution in [0.15, 0.2) is 11.6 Å². The topological polar surface area (TPSA) is 40.2 Å². The predicted molar refractivity (Wildman–Crippen MR) is 99.9 cm³/mol. The van der Waals surface area contributed by atoms with Crippen molar-refractivity contribution in [2.75, 3.05) is 20.3 Å². The van der Waals surface area contributed by atoms with Crippen molar-refractivity contribution in [1.29, 1.82) is 0 Å². The average Bonchev–Trinajstić information content (AvgIpc) is 2.97. The molecule has 0 N–H and O–H groups in total. The van der Waals surface area contributed by atoms with Crippen LogP contribution in [0.2, 0.25) is 0 Å². The Hall–Kier alpha value is -0.860. The van der Waals surface area contributed by atoms with Crippen LogP contribution in [0.4, 0.5) is 0 Å². The summed E-state index contributed by atoms with van der Waals surface area (Å²) in [5.41, 5.74) is 1.09. The van der Waals surface area contributed by atoms with Gasteiger partial charge in [0.05, 0.1) is 13.2 Å². The molecule has 0 radical (unpaired) electrons. The summed E-state index contributed by atoms with van der Waals surface area (Å²) in [7, 11) is 1.80. The number of methoxy groups -OCH3 is 1. The van der Waals surface area contributed by atoms with E-state index in [1.807, 2.05) is 0 Å². The molecule has 6 rings (SSSR count). The molecular formula is C23H30O4. The van der Waals surface area contributed by atoms with Gasteiger partial charge in [-0.2, -0.15) is 0 Å². The quantitative estimate of drug-likeness (QED) is 0.402. The van der Waals surface area contributed by atoms with Crippen molar-refractivity contribution in [2.24, 2.45) is 17.3 Å². The molecule has 0 aromatic carbocycles. The van der Waals surface area contributed by atoms with Gasteiger partial charge in [0, 0.05) is 25.4 Å². The number of epoxide rings is 1. The maximum Gasteiger partial charge on any atom is 0.171 e. The van der Waals surface area contributed by atoms with Crippen molar-refractivity contribution in [3.05, 3.63) is 11.6 Å². The Bertz CT molecular complexity index is 761. The minimum atomic E-state index is -0.418. The molecule has 2 aliphatic heterocycles. The molecule has 0 bridgehead atoms. The largest absolute Gasteiger partial charge is 0.365 e. The summed E-state index contributed by atoms with van der Waals surface area (Å²) in [5.74, 6) is 3.86. The number of fused-ring (bicyclic) bond motifs is 3. The van der Waals surface area contributed by atoms with E-state index in [0.29, 0.717) is 11.8 Å². The van der Waals surface area contributed by atoms with Crippen molar-refractivity contribution in [3.63, 3.8) is 0 Å². The van der Waals surface area contributed by atoms with E-state index in [-0.39, 0.29) is 22.4 Å². The molecule has 0 amide bonds. The van der Waals surface area contributed by atoms with Crippen LogP contribution in [0, 0.1) is 29.6 Å². The van der Waals surface area contributed by atoms with Gasteiger partial charge < -0.3 is 18.9 Å². The third-order valence-electron chi connectivity index (χ3n) is 9.38. The lowest BCUT2D eigenvalue weighted by Crippen LogP contribution is -2.54. The van der Waals surface area contributed by atoms with E-state index in [4.69, 9.17) is 25.4 Å². The van der Waals surface area contributed by atoms with Crippen molar-refractivity contribution >= 4 is 0 Å². The van der Waals surface area contributed by atoms with Crippen LogP contribution < -0.4 is 0 Å². The first kappa shape index (κ1) is 17.0. The Morgan fingerprint density at radius 1 is 1.15 bits per heavy atom. The first-order valence-corrected chi connectivity index (χ1v) is 10.7. The van der Waals surface area contributed by atoms with Gasteiger partial charge in [0.15, 0.2) is 5.79 Å². The number of ether oxygens (including phenoxy) is 4. The minimum Gasteiger partial charge on any atom is -0.365 e. The number of rotatable bonds is 1. The Morgan fingerprint density at radius 2 is 1.96 bits per heavy atom. The van der Waals surface area contributed by atoms with E-state index in [1.165, 1.54) is 6.42 Å². The molecule has 4 nitrogen and oxygen atoms in total. The van der Waals surface area contributed by atoms with Gasteiger partial charge in [0.25, 0.3) is 0 Å². The second-order valence-corrected chi connectivity index (χ2v) is 9.95. The standard InChI is InChI=1S/C23H30O4/c1-4-20(24-3)10-7-17-16-5-9-21-15-22(25-13-14-26-22)11-12-23(21,27-21)18(16)6-8-19(17,20)2/h1,6,16-17H,5,7-15H2,2-3H3/t16-,17-,19-,20-,21+,23+/m0/s1. The highest BCUT2D eigenvalue weighted by atomic mass is 16.7. The monoisotopic (exact) mass is 370 g/mol. The molecule has 6 aliphatic rings. The molecule has 0 aromatic heterocycles. The zero-order valence-electron chi connectivity index (χ0n) is 16.5. The van der Waals surface area contributed by atoms with E-state index in [1.54, 1.807) is 12.7 Å². The van der Waals surface area contributed by atoms with Crippen molar-refractivity contribution < 1.29 is 18.9 Å². The lowest BCUT2D eigenvalue weighted by molar-refractivity contribution is -0.185. The fraction of sp³-hybridized carbons (Fsp3) is 0.826. The second-order valence-electron chi connectivity index (χ2n) is 9.95. The number of allylic oxidation sites excluding steroid dienone is 1. The summed E-state index contributed by atoms with van der Waals surface area (Å²) in [6, 6.07) is 0. The van der Waals surface area contributed by atoms with Crippen LogP contribution in [0.3, 0.4) is 0 Å². The van der Waals surface area contributed by atoms with E-state index >= 15 is 0 Å². The summed E-state index contributed by atoms with van der Waals surface area (Å²) < 4.78 is 24.7. The van der Waals surface area contributed by atoms with Crippen molar-refractivity contribution in [1.82, 2.24) is 0 Å². The summed E-state index contributed by atoms with van der Waals surface area (Å²) >= 11 is 0. The Morgan fingerprint density at radius 3 is 2.70 bits per heavy atom. The highest BCUT2D eigenvalue weighted by Crippen LogP contribution is 2.74. The Kier molecular flexibility index (Phi) is 3.15. The molecule has 0 aromatic rings. The van der Waals surface area contributed by atoms with E-state index < -0.39 is 5.60 Å². The maximum atomic E-state index is 6.66. The van der Waals surface area contributed by atoms with Gasteiger partial charge in [-0.3, -0.25) is 0 Å². The number of hydrogen-bond donors (Lipinski definition) is 0. The molecule has 2 saturated heterocycles. The van der Waals surface area contributed by atoms with Gasteiger partial charge >= 0.3 is 0 Å². The second kappa shape index (κ2) is 5.00. The smallest absolute Gasteiger partial charge is 0.171 e. The van der Waals surface area contributed by atoms with Gasteiger partial charge in [-0.1, -0.05) is 18.9 Å². The molecule has 0 unspecified atom stereocenters. The molecule has 1 spiro atoms. The summed E-state index contributed by atoms with van der Waals surface area (Å²) in [6.07, 6.45) is 16.8.